The van der Waals surface area contributed by atoms with Crippen LogP contribution in [-0.2, 0) is 0 Å². The third kappa shape index (κ3) is 4.80. The van der Waals surface area contributed by atoms with Crippen LogP contribution in [0.1, 0.15) is 33.1 Å². The van der Waals surface area contributed by atoms with Crippen molar-refractivity contribution in [3.63, 3.8) is 0 Å². The number of likely N-dealkylation sites (N-methyl/N-ethyl adjacent to an activating group) is 1. The summed E-state index contributed by atoms with van der Waals surface area (Å²) in [6.45, 7) is 14.4. The summed E-state index contributed by atoms with van der Waals surface area (Å²) in [5.74, 6) is 0.850. The van der Waals surface area contributed by atoms with Gasteiger partial charge in [0.25, 0.3) is 0 Å². The number of nitrogens with one attached hydrogen (secondary N) is 1. The van der Waals surface area contributed by atoms with Gasteiger partial charge in [0.2, 0.25) is 0 Å². The third-order valence-electron chi connectivity index (χ3n) is 3.31. The Bertz CT molecular complexity index is 183. The molecule has 1 aliphatic rings. The van der Waals surface area contributed by atoms with Crippen LogP contribution in [-0.4, -0.2) is 37.6 Å². The number of hydrogen-bond donors (Lipinski definition) is 1. The van der Waals surface area contributed by atoms with E-state index >= 15 is 0 Å². The smallest absolute Gasteiger partial charge is 0.0190 e. The summed E-state index contributed by atoms with van der Waals surface area (Å²) in [6, 6.07) is 0. The molecule has 0 radical (unpaired) electrons. The minimum Gasteiger partial charge on any atom is -0.316 e. The molecule has 88 valence electrons. The molecule has 0 aromatic rings. The van der Waals surface area contributed by atoms with Gasteiger partial charge >= 0.3 is 0 Å². The molecule has 1 saturated heterocycles. The van der Waals surface area contributed by atoms with Gasteiger partial charge < -0.3 is 5.32 Å². The lowest BCUT2D eigenvalue weighted by Crippen LogP contribution is -2.38. The number of nitrogens with zero attached hydrogens (tertiary/aromatic N) is 1. The lowest BCUT2D eigenvalue weighted by atomic mass is 9.99. The molecule has 2 heteroatoms. The Morgan fingerprint density at radius 2 is 2.27 bits per heavy atom. The Morgan fingerprint density at radius 1 is 1.47 bits per heavy atom. The highest BCUT2D eigenvalue weighted by Crippen LogP contribution is 2.12. The zero-order valence-corrected chi connectivity index (χ0v) is 10.4. The highest BCUT2D eigenvalue weighted by molar-refractivity contribution is 4.96. The molecule has 1 unspecified atom stereocenters. The Balaban J connectivity index is 2.28. The molecule has 0 saturated carbocycles. The van der Waals surface area contributed by atoms with Gasteiger partial charge in [-0.05, 0) is 44.8 Å². The molecule has 0 aromatic carbocycles. The predicted octanol–water partition coefficient (Wildman–Crippen LogP) is 2.27. The van der Waals surface area contributed by atoms with Gasteiger partial charge in [-0.15, -0.1) is 0 Å². The van der Waals surface area contributed by atoms with Gasteiger partial charge in [-0.25, -0.2) is 0 Å². The molecular formula is C13H26N2. The topological polar surface area (TPSA) is 15.3 Å². The first-order valence-corrected chi connectivity index (χ1v) is 6.36. The summed E-state index contributed by atoms with van der Waals surface area (Å²) in [5, 5.41) is 3.48. The summed E-state index contributed by atoms with van der Waals surface area (Å²) in [4.78, 5) is 2.53. The van der Waals surface area contributed by atoms with Crippen LogP contribution < -0.4 is 5.32 Å². The van der Waals surface area contributed by atoms with E-state index in [1.807, 2.05) is 0 Å². The van der Waals surface area contributed by atoms with Gasteiger partial charge in [0.15, 0.2) is 0 Å². The van der Waals surface area contributed by atoms with E-state index in [2.05, 4.69) is 30.6 Å². The molecule has 1 rings (SSSR count). The summed E-state index contributed by atoms with van der Waals surface area (Å²) >= 11 is 0. The highest BCUT2D eigenvalue weighted by Gasteiger charge is 2.16. The van der Waals surface area contributed by atoms with E-state index in [4.69, 9.17) is 0 Å². The molecule has 0 aliphatic carbocycles. The molecular weight excluding hydrogens is 184 g/mol. The Morgan fingerprint density at radius 3 is 2.80 bits per heavy atom. The maximum atomic E-state index is 4.10. The highest BCUT2D eigenvalue weighted by atomic mass is 15.1. The zero-order valence-electron chi connectivity index (χ0n) is 10.4. The third-order valence-corrected chi connectivity index (χ3v) is 3.31. The monoisotopic (exact) mass is 210 g/mol. The quantitative estimate of drug-likeness (QED) is 0.677. The van der Waals surface area contributed by atoms with E-state index in [-0.39, 0.29) is 0 Å². The van der Waals surface area contributed by atoms with Crippen molar-refractivity contribution in [2.45, 2.75) is 33.1 Å². The molecule has 1 N–H and O–H groups in total. The molecule has 1 atom stereocenters. The Labute approximate surface area is 94.7 Å². The van der Waals surface area contributed by atoms with E-state index < -0.39 is 0 Å². The van der Waals surface area contributed by atoms with E-state index in [0.29, 0.717) is 0 Å². The van der Waals surface area contributed by atoms with Crippen LogP contribution in [0.15, 0.2) is 12.2 Å². The maximum absolute atomic E-state index is 4.10. The summed E-state index contributed by atoms with van der Waals surface area (Å²) in [5.41, 5.74) is 1.36. The van der Waals surface area contributed by atoms with Crippen LogP contribution in [0.3, 0.4) is 0 Å². The average Bonchev–Trinajstić information content (AvgIpc) is 2.29. The zero-order chi connectivity index (χ0) is 11.1. The molecule has 1 fully saturated rings. The second kappa shape index (κ2) is 7.02. The number of rotatable bonds is 6. The van der Waals surface area contributed by atoms with Crippen molar-refractivity contribution in [3.8, 4) is 0 Å². The minimum atomic E-state index is 0.850. The number of hydrogen-bond acceptors (Lipinski definition) is 2. The normalized spacial score (nSPS) is 21.9. The van der Waals surface area contributed by atoms with Crippen LogP contribution in [0.25, 0.3) is 0 Å². The summed E-state index contributed by atoms with van der Waals surface area (Å²) in [7, 11) is 0. The van der Waals surface area contributed by atoms with Crippen molar-refractivity contribution in [1.82, 2.24) is 10.2 Å². The van der Waals surface area contributed by atoms with Crippen molar-refractivity contribution in [3.05, 3.63) is 12.2 Å². The summed E-state index contributed by atoms with van der Waals surface area (Å²) in [6.07, 6.45) is 3.85. The van der Waals surface area contributed by atoms with Gasteiger partial charge in [0.05, 0.1) is 0 Å². The summed E-state index contributed by atoms with van der Waals surface area (Å²) < 4.78 is 0. The van der Waals surface area contributed by atoms with Crippen molar-refractivity contribution >= 4 is 0 Å². The largest absolute Gasteiger partial charge is 0.316 e. The van der Waals surface area contributed by atoms with Crippen molar-refractivity contribution < 1.29 is 0 Å². The van der Waals surface area contributed by atoms with Gasteiger partial charge in [-0.1, -0.05) is 26.0 Å². The predicted molar refractivity (Wildman–Crippen MR) is 67.1 cm³/mol. The minimum absolute atomic E-state index is 0.850. The van der Waals surface area contributed by atoms with Crippen LogP contribution in [0, 0.1) is 5.92 Å². The van der Waals surface area contributed by atoms with Crippen LogP contribution in [0.2, 0.25) is 0 Å². The fourth-order valence-electron chi connectivity index (χ4n) is 2.18. The SMILES string of the molecule is C=C(CC)CN(CC)CC1CCCNC1. The molecule has 1 aliphatic heterocycles. The lowest BCUT2D eigenvalue weighted by Gasteiger charge is -2.29. The molecule has 15 heavy (non-hydrogen) atoms. The average molecular weight is 210 g/mol. The molecule has 0 bridgehead atoms. The van der Waals surface area contributed by atoms with E-state index in [9.17, 15) is 0 Å². The maximum Gasteiger partial charge on any atom is 0.0190 e. The van der Waals surface area contributed by atoms with E-state index in [0.717, 1.165) is 25.4 Å². The van der Waals surface area contributed by atoms with Crippen molar-refractivity contribution in [1.29, 1.82) is 0 Å². The first-order chi connectivity index (χ1) is 7.26. The van der Waals surface area contributed by atoms with Gasteiger partial charge in [-0.2, -0.15) is 0 Å². The van der Waals surface area contributed by atoms with E-state index in [1.54, 1.807) is 0 Å². The Hall–Kier alpha value is -0.340. The van der Waals surface area contributed by atoms with Crippen molar-refractivity contribution in [2.24, 2.45) is 5.92 Å². The van der Waals surface area contributed by atoms with E-state index in [1.165, 1.54) is 38.0 Å². The molecule has 0 spiro atoms. The number of piperidine rings is 1. The molecule has 0 amide bonds. The second-order valence-corrected chi connectivity index (χ2v) is 4.64. The van der Waals surface area contributed by atoms with Crippen LogP contribution in [0.5, 0.6) is 0 Å². The second-order valence-electron chi connectivity index (χ2n) is 4.64. The van der Waals surface area contributed by atoms with Gasteiger partial charge in [0, 0.05) is 13.1 Å². The van der Waals surface area contributed by atoms with Crippen LogP contribution >= 0.6 is 0 Å². The fraction of sp³-hybridized carbons (Fsp3) is 0.846. The standard InChI is InChI=1S/C13H26N2/c1-4-12(3)10-15(5-2)11-13-7-6-8-14-9-13/h13-14H,3-11H2,1-2H3. The Kier molecular flexibility index (Phi) is 5.96. The first-order valence-electron chi connectivity index (χ1n) is 6.36. The van der Waals surface area contributed by atoms with Crippen molar-refractivity contribution in [2.75, 3.05) is 32.7 Å². The molecule has 2 nitrogen and oxygen atoms in total. The first kappa shape index (κ1) is 12.7. The molecule has 0 aromatic heterocycles. The fourth-order valence-corrected chi connectivity index (χ4v) is 2.18. The van der Waals surface area contributed by atoms with Crippen LogP contribution in [0.4, 0.5) is 0 Å². The van der Waals surface area contributed by atoms with Gasteiger partial charge in [0.1, 0.15) is 0 Å². The van der Waals surface area contributed by atoms with Gasteiger partial charge in [-0.3, -0.25) is 4.90 Å². The lowest BCUT2D eigenvalue weighted by molar-refractivity contribution is 0.229. The molecule has 1 heterocycles.